The van der Waals surface area contributed by atoms with Crippen LogP contribution in [0, 0.1) is 5.92 Å². The highest BCUT2D eigenvalue weighted by molar-refractivity contribution is 6.05. The van der Waals surface area contributed by atoms with E-state index in [2.05, 4.69) is 0 Å². The summed E-state index contributed by atoms with van der Waals surface area (Å²) < 4.78 is 10.6. The minimum Gasteiger partial charge on any atom is -0.464 e. The number of rotatable bonds is 6. The summed E-state index contributed by atoms with van der Waals surface area (Å²) in [7, 11) is 0. The number of piperidine rings is 3. The van der Waals surface area contributed by atoms with E-state index in [-0.39, 0.29) is 0 Å². The molecule has 3 heterocycles. The molecular formula is C15H25NO4. The van der Waals surface area contributed by atoms with E-state index >= 15 is 0 Å². The molecule has 0 aliphatic carbocycles. The van der Waals surface area contributed by atoms with Crippen molar-refractivity contribution in [2.45, 2.75) is 51.5 Å². The summed E-state index contributed by atoms with van der Waals surface area (Å²) >= 11 is 0. The van der Waals surface area contributed by atoms with Crippen LogP contribution in [-0.4, -0.2) is 48.7 Å². The smallest absolute Gasteiger partial charge is 0.338 e. The Balaban J connectivity index is 2.19. The fourth-order valence-corrected chi connectivity index (χ4v) is 3.20. The second-order valence-corrected chi connectivity index (χ2v) is 5.77. The zero-order chi connectivity index (χ0) is 14.6. The van der Waals surface area contributed by atoms with Gasteiger partial charge in [0.05, 0.1) is 13.2 Å². The van der Waals surface area contributed by atoms with E-state index in [1.807, 2.05) is 18.7 Å². The van der Waals surface area contributed by atoms with Gasteiger partial charge in [0.1, 0.15) is 0 Å². The lowest BCUT2D eigenvalue weighted by Crippen LogP contribution is -2.67. The minimum absolute atomic E-state index is 0.361. The monoisotopic (exact) mass is 283 g/mol. The fraction of sp³-hybridized carbons (Fsp3) is 0.867. The maximum Gasteiger partial charge on any atom is 0.338 e. The first-order chi connectivity index (χ1) is 9.65. The standard InChI is InChI=1S/C15H25NO4/c1-3-9-19-13(17)15(14(18)20-10-4-2)11-12-5-7-16(15)8-6-12/h12H,3-11H2,1-2H3. The average Bonchev–Trinajstić information content (AvgIpc) is 2.50. The Kier molecular flexibility index (Phi) is 5.02. The van der Waals surface area contributed by atoms with E-state index in [0.29, 0.717) is 25.6 Å². The molecular weight excluding hydrogens is 258 g/mol. The molecule has 5 nitrogen and oxygen atoms in total. The summed E-state index contributed by atoms with van der Waals surface area (Å²) in [5.74, 6) is -0.391. The van der Waals surface area contributed by atoms with Crippen LogP contribution in [0.2, 0.25) is 0 Å². The third-order valence-electron chi connectivity index (χ3n) is 4.29. The molecule has 0 unspecified atom stereocenters. The van der Waals surface area contributed by atoms with Crippen LogP contribution in [0.4, 0.5) is 0 Å². The molecule has 3 saturated heterocycles. The lowest BCUT2D eigenvalue weighted by Gasteiger charge is -2.50. The maximum absolute atomic E-state index is 12.5. The van der Waals surface area contributed by atoms with Crippen LogP contribution in [0.5, 0.6) is 0 Å². The topological polar surface area (TPSA) is 55.8 Å². The molecule has 0 atom stereocenters. The highest BCUT2D eigenvalue weighted by Crippen LogP contribution is 2.40. The van der Waals surface area contributed by atoms with Gasteiger partial charge >= 0.3 is 11.9 Å². The molecule has 3 aliphatic heterocycles. The van der Waals surface area contributed by atoms with Crippen molar-refractivity contribution in [3.05, 3.63) is 0 Å². The summed E-state index contributed by atoms with van der Waals surface area (Å²) in [5.41, 5.74) is -1.18. The van der Waals surface area contributed by atoms with E-state index in [4.69, 9.17) is 9.47 Å². The molecule has 0 aromatic rings. The van der Waals surface area contributed by atoms with Crippen LogP contribution in [0.15, 0.2) is 0 Å². The van der Waals surface area contributed by atoms with Gasteiger partial charge in [-0.05, 0) is 38.0 Å². The lowest BCUT2D eigenvalue weighted by molar-refractivity contribution is -0.185. The third kappa shape index (κ3) is 2.68. The number of esters is 2. The molecule has 3 fully saturated rings. The van der Waals surface area contributed by atoms with Crippen molar-refractivity contribution in [3.8, 4) is 0 Å². The Bertz CT molecular complexity index is 341. The fourth-order valence-electron chi connectivity index (χ4n) is 3.20. The zero-order valence-electron chi connectivity index (χ0n) is 12.5. The largest absolute Gasteiger partial charge is 0.464 e. The molecule has 2 bridgehead atoms. The number of carbonyl (C=O) groups is 2. The lowest BCUT2D eigenvalue weighted by atomic mass is 9.74. The number of fused-ring (bicyclic) bond motifs is 3. The Morgan fingerprint density at radius 3 is 1.90 bits per heavy atom. The van der Waals surface area contributed by atoms with Gasteiger partial charge in [-0.2, -0.15) is 0 Å². The number of hydrogen-bond donors (Lipinski definition) is 0. The molecule has 5 heteroatoms. The van der Waals surface area contributed by atoms with Crippen LogP contribution < -0.4 is 0 Å². The minimum atomic E-state index is -1.18. The second-order valence-electron chi connectivity index (χ2n) is 5.77. The van der Waals surface area contributed by atoms with E-state index in [1.165, 1.54) is 0 Å². The SMILES string of the molecule is CCCOC(=O)C1(C(=O)OCCC)CC2CCN1CC2. The Labute approximate surface area is 120 Å². The molecule has 0 spiro atoms. The highest BCUT2D eigenvalue weighted by Gasteiger charge is 2.58. The number of hydrogen-bond acceptors (Lipinski definition) is 5. The number of ether oxygens (including phenoxy) is 2. The first kappa shape index (κ1) is 15.3. The molecule has 20 heavy (non-hydrogen) atoms. The van der Waals surface area contributed by atoms with Gasteiger partial charge in [0.2, 0.25) is 5.54 Å². The summed E-state index contributed by atoms with van der Waals surface area (Å²) in [6.07, 6.45) is 4.19. The van der Waals surface area contributed by atoms with Crippen LogP contribution >= 0.6 is 0 Å². The summed E-state index contributed by atoms with van der Waals surface area (Å²) in [5, 5.41) is 0. The van der Waals surface area contributed by atoms with E-state index in [1.54, 1.807) is 0 Å². The van der Waals surface area contributed by atoms with E-state index in [0.717, 1.165) is 38.8 Å². The van der Waals surface area contributed by atoms with E-state index in [9.17, 15) is 9.59 Å². The molecule has 114 valence electrons. The van der Waals surface area contributed by atoms with Gasteiger partial charge in [-0.15, -0.1) is 0 Å². The van der Waals surface area contributed by atoms with Crippen molar-refractivity contribution in [3.63, 3.8) is 0 Å². The Morgan fingerprint density at radius 2 is 1.55 bits per heavy atom. The molecule has 0 saturated carbocycles. The van der Waals surface area contributed by atoms with Gasteiger partial charge in [-0.25, -0.2) is 9.59 Å². The summed E-state index contributed by atoms with van der Waals surface area (Å²) in [6.45, 7) is 6.19. The first-order valence-electron chi connectivity index (χ1n) is 7.74. The van der Waals surface area contributed by atoms with Gasteiger partial charge in [-0.3, -0.25) is 4.90 Å². The molecule has 0 N–H and O–H groups in total. The summed E-state index contributed by atoms with van der Waals surface area (Å²) in [6, 6.07) is 0. The van der Waals surface area contributed by atoms with Crippen LogP contribution in [0.1, 0.15) is 46.0 Å². The van der Waals surface area contributed by atoms with Gasteiger partial charge in [0.25, 0.3) is 0 Å². The van der Waals surface area contributed by atoms with Gasteiger partial charge < -0.3 is 9.47 Å². The molecule has 0 aromatic carbocycles. The van der Waals surface area contributed by atoms with Crippen LogP contribution in [0.3, 0.4) is 0 Å². The summed E-state index contributed by atoms with van der Waals surface area (Å²) in [4.78, 5) is 27.0. The highest BCUT2D eigenvalue weighted by atomic mass is 16.6. The van der Waals surface area contributed by atoms with Crippen LogP contribution in [0.25, 0.3) is 0 Å². The molecule has 0 radical (unpaired) electrons. The quantitative estimate of drug-likeness (QED) is 0.549. The van der Waals surface area contributed by atoms with Gasteiger partial charge in [0.15, 0.2) is 0 Å². The van der Waals surface area contributed by atoms with Crippen LogP contribution in [-0.2, 0) is 19.1 Å². The molecule has 0 amide bonds. The first-order valence-corrected chi connectivity index (χ1v) is 7.74. The maximum atomic E-state index is 12.5. The zero-order valence-corrected chi connectivity index (χ0v) is 12.5. The van der Waals surface area contributed by atoms with Crippen molar-refractivity contribution in [2.75, 3.05) is 26.3 Å². The Morgan fingerprint density at radius 1 is 1.05 bits per heavy atom. The molecule has 0 aromatic heterocycles. The van der Waals surface area contributed by atoms with Gasteiger partial charge in [0, 0.05) is 13.1 Å². The molecule has 3 rings (SSSR count). The second kappa shape index (κ2) is 6.57. The normalized spacial score (nSPS) is 27.1. The van der Waals surface area contributed by atoms with E-state index < -0.39 is 17.5 Å². The van der Waals surface area contributed by atoms with Crippen molar-refractivity contribution in [2.24, 2.45) is 5.92 Å². The van der Waals surface area contributed by atoms with Crippen molar-refractivity contribution in [1.29, 1.82) is 0 Å². The van der Waals surface area contributed by atoms with Crippen molar-refractivity contribution in [1.82, 2.24) is 4.90 Å². The average molecular weight is 283 g/mol. The van der Waals surface area contributed by atoms with Crippen molar-refractivity contribution < 1.29 is 19.1 Å². The third-order valence-corrected chi connectivity index (χ3v) is 4.29. The number of carbonyl (C=O) groups excluding carboxylic acids is 2. The van der Waals surface area contributed by atoms with Crippen molar-refractivity contribution >= 4 is 11.9 Å². The Hall–Kier alpha value is -1.10. The molecule has 3 aliphatic rings. The predicted octanol–water partition coefficient (Wildman–Crippen LogP) is 1.75. The van der Waals surface area contributed by atoms with Gasteiger partial charge in [-0.1, -0.05) is 13.8 Å². The predicted molar refractivity (Wildman–Crippen MR) is 74.1 cm³/mol. The number of nitrogens with zero attached hydrogens (tertiary/aromatic N) is 1.